The van der Waals surface area contributed by atoms with Gasteiger partial charge in [0.2, 0.25) is 11.8 Å². The van der Waals surface area contributed by atoms with E-state index in [1.54, 1.807) is 17.1 Å². The van der Waals surface area contributed by atoms with E-state index in [4.69, 9.17) is 10.5 Å². The standard InChI is InChI=1S/C16H22N8O2/c1-24-7-9(6-19-24)20-13-12-14(25)18-8-26-15(12)23-16(22-13)21-11-5-3-2-4-10(11)17/h6-7,10-11H,2-5,8,17H2,1H3,(H,18,25)(H2,20,21,22,23)/t10-,11+/m0/s1. The van der Waals surface area contributed by atoms with Crippen LogP contribution in [0.5, 0.6) is 5.88 Å². The first-order valence-electron chi connectivity index (χ1n) is 8.71. The number of fused-ring (bicyclic) bond motifs is 1. The van der Waals surface area contributed by atoms with Crippen molar-refractivity contribution in [3.8, 4) is 5.88 Å². The Morgan fingerprint density at radius 2 is 2.19 bits per heavy atom. The number of rotatable bonds is 4. The molecule has 138 valence electrons. The number of hydrogen-bond donors (Lipinski definition) is 4. The third kappa shape index (κ3) is 3.27. The second-order valence-corrected chi connectivity index (χ2v) is 6.60. The zero-order valence-electron chi connectivity index (χ0n) is 14.5. The SMILES string of the molecule is Cn1cc(Nc2nc(N[C@@H]3CCCC[C@@H]3N)nc3c2C(=O)NCO3)cn1. The maximum atomic E-state index is 12.3. The van der Waals surface area contributed by atoms with Gasteiger partial charge in [-0.3, -0.25) is 9.48 Å². The first kappa shape index (κ1) is 16.6. The lowest BCUT2D eigenvalue weighted by molar-refractivity contribution is 0.0879. The highest BCUT2D eigenvalue weighted by Crippen LogP contribution is 2.30. The van der Waals surface area contributed by atoms with Crippen LogP contribution in [0.25, 0.3) is 0 Å². The van der Waals surface area contributed by atoms with Crippen molar-refractivity contribution in [2.45, 2.75) is 37.8 Å². The first-order valence-corrected chi connectivity index (χ1v) is 8.71. The lowest BCUT2D eigenvalue weighted by Crippen LogP contribution is -2.43. The topological polar surface area (TPSA) is 132 Å². The summed E-state index contributed by atoms with van der Waals surface area (Å²) in [6.07, 6.45) is 7.65. The van der Waals surface area contributed by atoms with Crippen LogP contribution in [0, 0.1) is 0 Å². The zero-order valence-corrected chi connectivity index (χ0v) is 14.5. The molecule has 4 rings (SSSR count). The van der Waals surface area contributed by atoms with Gasteiger partial charge < -0.3 is 26.4 Å². The Bertz CT molecular complexity index is 821. The van der Waals surface area contributed by atoms with Crippen LogP contribution in [-0.4, -0.2) is 44.5 Å². The molecule has 2 atom stereocenters. The van der Waals surface area contributed by atoms with Crippen molar-refractivity contribution in [3.63, 3.8) is 0 Å². The van der Waals surface area contributed by atoms with E-state index in [1.807, 2.05) is 7.05 Å². The van der Waals surface area contributed by atoms with Crippen molar-refractivity contribution in [2.75, 3.05) is 17.4 Å². The van der Waals surface area contributed by atoms with Crippen LogP contribution in [0.2, 0.25) is 0 Å². The van der Waals surface area contributed by atoms with Gasteiger partial charge in [-0.15, -0.1) is 0 Å². The van der Waals surface area contributed by atoms with Crippen LogP contribution in [0.3, 0.4) is 0 Å². The molecule has 1 fully saturated rings. The summed E-state index contributed by atoms with van der Waals surface area (Å²) in [4.78, 5) is 21.2. The van der Waals surface area contributed by atoms with E-state index in [9.17, 15) is 4.79 Å². The van der Waals surface area contributed by atoms with Crippen molar-refractivity contribution < 1.29 is 9.53 Å². The Labute approximate surface area is 150 Å². The molecule has 1 amide bonds. The average molecular weight is 358 g/mol. The molecule has 0 spiro atoms. The molecule has 0 radical (unpaired) electrons. The molecule has 1 aliphatic carbocycles. The largest absolute Gasteiger partial charge is 0.456 e. The highest BCUT2D eigenvalue weighted by Gasteiger charge is 2.28. The highest BCUT2D eigenvalue weighted by atomic mass is 16.5. The summed E-state index contributed by atoms with van der Waals surface area (Å²) in [5, 5.41) is 13.2. The summed E-state index contributed by atoms with van der Waals surface area (Å²) < 4.78 is 7.18. The van der Waals surface area contributed by atoms with E-state index in [2.05, 4.69) is 31.0 Å². The third-order valence-corrected chi connectivity index (χ3v) is 4.65. The van der Waals surface area contributed by atoms with Crippen molar-refractivity contribution in [1.29, 1.82) is 0 Å². The van der Waals surface area contributed by atoms with Gasteiger partial charge in [0.1, 0.15) is 5.56 Å². The van der Waals surface area contributed by atoms with Gasteiger partial charge in [-0.25, -0.2) is 0 Å². The van der Waals surface area contributed by atoms with Crippen molar-refractivity contribution in [3.05, 3.63) is 18.0 Å². The van der Waals surface area contributed by atoms with Crippen molar-refractivity contribution in [2.24, 2.45) is 12.8 Å². The van der Waals surface area contributed by atoms with Crippen LogP contribution in [0.4, 0.5) is 17.5 Å². The fourth-order valence-corrected chi connectivity index (χ4v) is 3.29. The molecule has 2 aromatic heterocycles. The summed E-state index contributed by atoms with van der Waals surface area (Å²) >= 11 is 0. The minimum Gasteiger partial charge on any atom is -0.456 e. The van der Waals surface area contributed by atoms with E-state index in [1.165, 1.54) is 0 Å². The molecule has 5 N–H and O–H groups in total. The Morgan fingerprint density at radius 3 is 2.96 bits per heavy atom. The molecule has 2 aromatic rings. The number of ether oxygens (including phenoxy) is 1. The first-order chi connectivity index (χ1) is 12.6. The predicted octanol–water partition coefficient (Wildman–Crippen LogP) is 0.715. The lowest BCUT2D eigenvalue weighted by atomic mass is 9.91. The predicted molar refractivity (Wildman–Crippen MR) is 95.3 cm³/mol. The number of hydrogen-bond acceptors (Lipinski definition) is 8. The Balaban J connectivity index is 1.67. The molecule has 0 saturated heterocycles. The molecule has 1 saturated carbocycles. The molecule has 10 heteroatoms. The molecule has 0 bridgehead atoms. The van der Waals surface area contributed by atoms with Crippen LogP contribution >= 0.6 is 0 Å². The number of aromatic nitrogens is 4. The fourth-order valence-electron chi connectivity index (χ4n) is 3.29. The maximum Gasteiger partial charge on any atom is 0.263 e. The van der Waals surface area contributed by atoms with Crippen molar-refractivity contribution >= 4 is 23.4 Å². The molecule has 0 aromatic carbocycles. The van der Waals surface area contributed by atoms with E-state index in [-0.39, 0.29) is 36.2 Å². The van der Waals surface area contributed by atoms with Crippen LogP contribution in [-0.2, 0) is 7.05 Å². The Hall–Kier alpha value is -2.88. The normalized spacial score (nSPS) is 22.2. The van der Waals surface area contributed by atoms with E-state index < -0.39 is 0 Å². The van der Waals surface area contributed by atoms with Crippen LogP contribution in [0.1, 0.15) is 36.0 Å². The average Bonchev–Trinajstić information content (AvgIpc) is 3.02. The summed E-state index contributed by atoms with van der Waals surface area (Å²) in [6, 6.07) is 0.160. The zero-order chi connectivity index (χ0) is 18.1. The van der Waals surface area contributed by atoms with Gasteiger partial charge >= 0.3 is 0 Å². The number of amides is 1. The molecular formula is C16H22N8O2. The summed E-state index contributed by atoms with van der Waals surface area (Å²) in [6.45, 7) is 0.0809. The number of anilines is 3. The van der Waals surface area contributed by atoms with Gasteiger partial charge in [-0.2, -0.15) is 15.1 Å². The Kier molecular flexibility index (Phi) is 4.33. The smallest absolute Gasteiger partial charge is 0.263 e. The molecule has 2 aliphatic rings. The number of carbonyl (C=O) groups excluding carboxylic acids is 1. The lowest BCUT2D eigenvalue weighted by Gasteiger charge is -2.29. The quantitative estimate of drug-likeness (QED) is 0.628. The van der Waals surface area contributed by atoms with Gasteiger partial charge in [-0.05, 0) is 12.8 Å². The molecular weight excluding hydrogens is 336 g/mol. The van der Waals surface area contributed by atoms with Crippen LogP contribution in [0.15, 0.2) is 12.4 Å². The number of aryl methyl sites for hydroxylation is 1. The van der Waals surface area contributed by atoms with Gasteiger partial charge in [0.25, 0.3) is 5.91 Å². The summed E-state index contributed by atoms with van der Waals surface area (Å²) in [5.41, 5.74) is 7.20. The molecule has 1 aliphatic heterocycles. The summed E-state index contributed by atoms with van der Waals surface area (Å²) in [5.74, 6) is 0.736. The summed E-state index contributed by atoms with van der Waals surface area (Å²) in [7, 11) is 1.81. The molecule has 0 unspecified atom stereocenters. The van der Waals surface area contributed by atoms with Gasteiger partial charge in [0, 0.05) is 25.3 Å². The minimum absolute atomic E-state index is 0.0577. The van der Waals surface area contributed by atoms with Crippen molar-refractivity contribution in [1.82, 2.24) is 25.1 Å². The second kappa shape index (κ2) is 6.79. The van der Waals surface area contributed by atoms with Crippen LogP contribution < -0.4 is 26.4 Å². The molecule has 3 heterocycles. The van der Waals surface area contributed by atoms with E-state index >= 15 is 0 Å². The van der Waals surface area contributed by atoms with Gasteiger partial charge in [-0.1, -0.05) is 12.8 Å². The van der Waals surface area contributed by atoms with Gasteiger partial charge in [0.05, 0.1) is 11.9 Å². The second-order valence-electron chi connectivity index (χ2n) is 6.60. The Morgan fingerprint density at radius 1 is 1.35 bits per heavy atom. The molecule has 26 heavy (non-hydrogen) atoms. The highest BCUT2D eigenvalue weighted by molar-refractivity contribution is 6.02. The fraction of sp³-hybridized carbons (Fsp3) is 0.500. The van der Waals surface area contributed by atoms with Gasteiger partial charge in [0.15, 0.2) is 12.5 Å². The third-order valence-electron chi connectivity index (χ3n) is 4.65. The number of nitrogens with one attached hydrogen (secondary N) is 3. The minimum atomic E-state index is -0.279. The number of nitrogens with zero attached hydrogens (tertiary/aromatic N) is 4. The monoisotopic (exact) mass is 358 g/mol. The number of nitrogens with two attached hydrogens (primary N) is 1. The molecule has 10 nitrogen and oxygen atoms in total. The van der Waals surface area contributed by atoms with E-state index in [0.29, 0.717) is 17.5 Å². The van der Waals surface area contributed by atoms with E-state index in [0.717, 1.165) is 25.7 Å². The maximum absolute atomic E-state index is 12.3. The number of carbonyl (C=O) groups is 1.